The molecule has 1 atom stereocenters. The van der Waals surface area contributed by atoms with Gasteiger partial charge in [-0.25, -0.2) is 0 Å². The molecule has 4 rings (SSSR count). The van der Waals surface area contributed by atoms with Gasteiger partial charge in [-0.2, -0.15) is 0 Å². The highest BCUT2D eigenvalue weighted by molar-refractivity contribution is 5.92. The van der Waals surface area contributed by atoms with Crippen LogP contribution < -0.4 is 14.8 Å². The fraction of sp³-hybridized carbons (Fsp3) is 0.273. The van der Waals surface area contributed by atoms with Crippen LogP contribution in [0.25, 0.3) is 11.3 Å². The van der Waals surface area contributed by atoms with Gasteiger partial charge in [-0.15, -0.1) is 0 Å². The van der Waals surface area contributed by atoms with E-state index < -0.39 is 0 Å². The third-order valence-electron chi connectivity index (χ3n) is 4.88. The fourth-order valence-corrected chi connectivity index (χ4v) is 3.31. The summed E-state index contributed by atoms with van der Waals surface area (Å²) in [6.07, 6.45) is 3.36. The molecule has 7 nitrogen and oxygen atoms in total. The molecule has 3 heterocycles. The summed E-state index contributed by atoms with van der Waals surface area (Å²) in [5, 5.41) is 3.32. The Balaban J connectivity index is 1.46. The molecular formula is C22H23N3O4. The molecule has 2 aromatic heterocycles. The number of carbonyl (C=O) groups excluding carboxylic acids is 1. The zero-order valence-electron chi connectivity index (χ0n) is 16.2. The minimum atomic E-state index is -0.133. The van der Waals surface area contributed by atoms with Crippen molar-refractivity contribution in [1.29, 1.82) is 0 Å². The SMILES string of the molecule is COc1ccc(-c2ccc(C(=O)N3CCNCC3COc3cccnc3)o2)cc1. The maximum Gasteiger partial charge on any atom is 0.290 e. The molecule has 0 bridgehead atoms. The second-order valence-corrected chi connectivity index (χ2v) is 6.75. The van der Waals surface area contributed by atoms with Crippen molar-refractivity contribution < 1.29 is 18.7 Å². The lowest BCUT2D eigenvalue weighted by Gasteiger charge is -2.35. The molecule has 1 N–H and O–H groups in total. The predicted molar refractivity (Wildman–Crippen MR) is 108 cm³/mol. The molecule has 1 aliphatic heterocycles. The van der Waals surface area contributed by atoms with Gasteiger partial charge < -0.3 is 24.1 Å². The monoisotopic (exact) mass is 393 g/mol. The molecule has 150 valence electrons. The third kappa shape index (κ3) is 4.41. The molecule has 7 heteroatoms. The Morgan fingerprint density at radius 2 is 2.07 bits per heavy atom. The van der Waals surface area contributed by atoms with E-state index in [9.17, 15) is 4.79 Å². The van der Waals surface area contributed by atoms with Crippen molar-refractivity contribution in [1.82, 2.24) is 15.2 Å². The highest BCUT2D eigenvalue weighted by atomic mass is 16.5. The van der Waals surface area contributed by atoms with Gasteiger partial charge in [0.25, 0.3) is 5.91 Å². The number of methoxy groups -OCH3 is 1. The molecule has 1 aliphatic rings. The van der Waals surface area contributed by atoms with Crippen molar-refractivity contribution in [2.45, 2.75) is 6.04 Å². The third-order valence-corrected chi connectivity index (χ3v) is 4.88. The van der Waals surface area contributed by atoms with E-state index in [1.165, 1.54) is 0 Å². The largest absolute Gasteiger partial charge is 0.497 e. The molecule has 3 aromatic rings. The fourth-order valence-electron chi connectivity index (χ4n) is 3.31. The quantitative estimate of drug-likeness (QED) is 0.694. The Labute approximate surface area is 169 Å². The molecule has 1 saturated heterocycles. The van der Waals surface area contributed by atoms with Crippen LogP contribution in [0.1, 0.15) is 10.6 Å². The summed E-state index contributed by atoms with van der Waals surface area (Å²) in [7, 11) is 1.63. The topological polar surface area (TPSA) is 76.8 Å². The number of ether oxygens (including phenoxy) is 2. The van der Waals surface area contributed by atoms with Crippen LogP contribution in [-0.2, 0) is 0 Å². The van der Waals surface area contributed by atoms with Gasteiger partial charge in [0, 0.05) is 31.4 Å². The lowest BCUT2D eigenvalue weighted by molar-refractivity contribution is 0.0529. The lowest BCUT2D eigenvalue weighted by Crippen LogP contribution is -2.55. The van der Waals surface area contributed by atoms with Crippen molar-refractivity contribution in [2.75, 3.05) is 33.4 Å². The molecule has 1 unspecified atom stereocenters. The molecule has 1 amide bonds. The number of furan rings is 1. The van der Waals surface area contributed by atoms with Crippen molar-refractivity contribution in [3.05, 3.63) is 66.7 Å². The number of hydrogen-bond donors (Lipinski definition) is 1. The average molecular weight is 393 g/mol. The normalized spacial score (nSPS) is 16.4. The van der Waals surface area contributed by atoms with E-state index >= 15 is 0 Å². The van der Waals surface area contributed by atoms with Crippen molar-refractivity contribution in [3.63, 3.8) is 0 Å². The number of carbonyl (C=O) groups is 1. The van der Waals surface area contributed by atoms with Crippen LogP contribution in [0, 0.1) is 0 Å². The smallest absolute Gasteiger partial charge is 0.290 e. The summed E-state index contributed by atoms with van der Waals surface area (Å²) < 4.78 is 16.9. The number of amides is 1. The van der Waals surface area contributed by atoms with Crippen LogP contribution in [-0.4, -0.2) is 55.2 Å². The number of rotatable bonds is 6. The first-order valence-electron chi connectivity index (χ1n) is 9.53. The zero-order chi connectivity index (χ0) is 20.1. The van der Waals surface area contributed by atoms with Gasteiger partial charge >= 0.3 is 0 Å². The molecule has 0 aliphatic carbocycles. The number of hydrogen-bond acceptors (Lipinski definition) is 6. The highest BCUT2D eigenvalue weighted by Gasteiger charge is 2.29. The van der Waals surface area contributed by atoms with Gasteiger partial charge in [-0.05, 0) is 48.5 Å². The summed E-state index contributed by atoms with van der Waals surface area (Å²) in [6.45, 7) is 2.38. The summed E-state index contributed by atoms with van der Waals surface area (Å²) >= 11 is 0. The van der Waals surface area contributed by atoms with Gasteiger partial charge in [0.05, 0.1) is 19.3 Å². The molecule has 0 saturated carbocycles. The average Bonchev–Trinajstić information content (AvgIpc) is 3.28. The van der Waals surface area contributed by atoms with Gasteiger partial charge in [0.1, 0.15) is 23.9 Å². The number of pyridine rings is 1. The second-order valence-electron chi connectivity index (χ2n) is 6.75. The second kappa shape index (κ2) is 8.79. The van der Waals surface area contributed by atoms with Gasteiger partial charge in [-0.3, -0.25) is 9.78 Å². The molecule has 1 fully saturated rings. The molecule has 1 aromatic carbocycles. The van der Waals surface area contributed by atoms with E-state index in [1.807, 2.05) is 47.4 Å². The van der Waals surface area contributed by atoms with E-state index in [2.05, 4.69) is 10.3 Å². The van der Waals surface area contributed by atoms with Crippen molar-refractivity contribution in [2.24, 2.45) is 0 Å². The Bertz CT molecular complexity index is 940. The number of benzene rings is 1. The standard InChI is InChI=1S/C22H23N3O4/c1-27-18-6-4-16(5-7-18)20-8-9-21(29-20)22(26)25-12-11-24-13-17(25)15-28-19-3-2-10-23-14-19/h2-10,14,17,24H,11-13,15H2,1H3. The van der Waals surface area contributed by atoms with E-state index in [-0.39, 0.29) is 11.9 Å². The number of nitrogens with zero attached hydrogens (tertiary/aromatic N) is 2. The Morgan fingerprint density at radius 1 is 1.21 bits per heavy atom. The number of nitrogens with one attached hydrogen (secondary N) is 1. The Kier molecular flexibility index (Phi) is 5.76. The maximum atomic E-state index is 13.1. The van der Waals surface area contributed by atoms with Crippen LogP contribution in [0.2, 0.25) is 0 Å². The Morgan fingerprint density at radius 3 is 2.83 bits per heavy atom. The van der Waals surface area contributed by atoms with E-state index in [1.54, 1.807) is 25.6 Å². The molecule has 0 radical (unpaired) electrons. The highest BCUT2D eigenvalue weighted by Crippen LogP contribution is 2.25. The summed E-state index contributed by atoms with van der Waals surface area (Å²) in [5.41, 5.74) is 0.890. The Hall–Kier alpha value is -3.32. The molecule has 0 spiro atoms. The van der Waals surface area contributed by atoms with Gasteiger partial charge in [0.2, 0.25) is 0 Å². The number of piperazine rings is 1. The first kappa shape index (κ1) is 19.0. The van der Waals surface area contributed by atoms with Crippen LogP contribution in [0.5, 0.6) is 11.5 Å². The summed E-state index contributed by atoms with van der Waals surface area (Å²) in [6, 6.07) is 14.7. The number of aromatic nitrogens is 1. The van der Waals surface area contributed by atoms with E-state index in [4.69, 9.17) is 13.9 Å². The molecular weight excluding hydrogens is 370 g/mol. The van der Waals surface area contributed by atoms with E-state index in [0.29, 0.717) is 37.0 Å². The van der Waals surface area contributed by atoms with Gasteiger partial charge in [0.15, 0.2) is 5.76 Å². The van der Waals surface area contributed by atoms with Crippen molar-refractivity contribution >= 4 is 5.91 Å². The maximum absolute atomic E-state index is 13.1. The minimum absolute atomic E-state index is 0.0917. The van der Waals surface area contributed by atoms with Crippen LogP contribution in [0.4, 0.5) is 0 Å². The van der Waals surface area contributed by atoms with Crippen LogP contribution in [0.3, 0.4) is 0 Å². The zero-order valence-corrected chi connectivity index (χ0v) is 16.2. The minimum Gasteiger partial charge on any atom is -0.497 e. The summed E-state index contributed by atoms with van der Waals surface area (Å²) in [5.74, 6) is 2.29. The first-order valence-corrected chi connectivity index (χ1v) is 9.53. The first-order chi connectivity index (χ1) is 14.2. The van der Waals surface area contributed by atoms with E-state index in [0.717, 1.165) is 17.9 Å². The van der Waals surface area contributed by atoms with Crippen molar-refractivity contribution in [3.8, 4) is 22.8 Å². The predicted octanol–water partition coefficient (Wildman–Crippen LogP) is 2.84. The van der Waals surface area contributed by atoms with Crippen LogP contribution >= 0.6 is 0 Å². The van der Waals surface area contributed by atoms with Crippen LogP contribution in [0.15, 0.2) is 65.3 Å². The van der Waals surface area contributed by atoms with Gasteiger partial charge in [-0.1, -0.05) is 0 Å². The summed E-state index contributed by atoms with van der Waals surface area (Å²) in [4.78, 5) is 18.9. The molecule has 29 heavy (non-hydrogen) atoms. The lowest BCUT2D eigenvalue weighted by atomic mass is 10.1.